The van der Waals surface area contributed by atoms with Crippen LogP contribution in [0.4, 0.5) is 11.6 Å². The summed E-state index contributed by atoms with van der Waals surface area (Å²) >= 11 is 0. The zero-order valence-corrected chi connectivity index (χ0v) is 16.3. The summed E-state index contributed by atoms with van der Waals surface area (Å²) < 4.78 is 0. The van der Waals surface area contributed by atoms with E-state index in [9.17, 15) is 4.79 Å². The largest absolute Gasteiger partial charge is 0.338 e. The molecule has 28 heavy (non-hydrogen) atoms. The highest BCUT2D eigenvalue weighted by Gasteiger charge is 2.20. The third kappa shape index (κ3) is 5.05. The average Bonchev–Trinajstić information content (AvgIpc) is 3.22. The Morgan fingerprint density at radius 3 is 2.43 bits per heavy atom. The molecule has 2 aromatic rings. The molecule has 1 amide bonds. The Morgan fingerprint density at radius 2 is 1.68 bits per heavy atom. The molecule has 0 radical (unpaired) electrons. The van der Waals surface area contributed by atoms with Crippen LogP contribution in [0.15, 0.2) is 42.7 Å². The molecule has 0 atom stereocenters. The third-order valence-corrected chi connectivity index (χ3v) is 5.39. The van der Waals surface area contributed by atoms with E-state index in [1.807, 2.05) is 18.2 Å². The highest BCUT2D eigenvalue weighted by molar-refractivity contribution is 5.92. The Labute approximate surface area is 166 Å². The number of hydrogen-bond donors (Lipinski definition) is 1. The van der Waals surface area contributed by atoms with E-state index in [0.717, 1.165) is 44.4 Å². The van der Waals surface area contributed by atoms with E-state index >= 15 is 0 Å². The second-order valence-electron chi connectivity index (χ2n) is 7.54. The number of aromatic nitrogens is 2. The van der Waals surface area contributed by atoms with Gasteiger partial charge in [-0.05, 0) is 49.7 Å². The number of hydrogen-bond acceptors (Lipinski definition) is 6. The Balaban J connectivity index is 1.24. The molecule has 0 aliphatic carbocycles. The van der Waals surface area contributed by atoms with Gasteiger partial charge in [-0.1, -0.05) is 12.1 Å². The van der Waals surface area contributed by atoms with Gasteiger partial charge in [0.2, 0.25) is 11.9 Å². The van der Waals surface area contributed by atoms with Crippen molar-refractivity contribution in [1.29, 1.82) is 0 Å². The van der Waals surface area contributed by atoms with Crippen LogP contribution in [0.25, 0.3) is 0 Å². The van der Waals surface area contributed by atoms with Gasteiger partial charge in [0.05, 0.1) is 6.54 Å². The molecular weight excluding hydrogens is 352 g/mol. The third-order valence-electron chi connectivity index (χ3n) is 5.39. The zero-order valence-electron chi connectivity index (χ0n) is 16.3. The molecule has 1 aromatic carbocycles. The summed E-state index contributed by atoms with van der Waals surface area (Å²) in [5, 5.41) is 3.06. The van der Waals surface area contributed by atoms with Gasteiger partial charge in [-0.25, -0.2) is 9.97 Å². The van der Waals surface area contributed by atoms with Crippen LogP contribution in [0.2, 0.25) is 0 Å². The maximum absolute atomic E-state index is 12.5. The molecule has 0 spiro atoms. The van der Waals surface area contributed by atoms with Gasteiger partial charge in [0.1, 0.15) is 0 Å². The number of anilines is 2. The predicted molar refractivity (Wildman–Crippen MR) is 110 cm³/mol. The summed E-state index contributed by atoms with van der Waals surface area (Å²) in [6, 6.07) is 10.1. The number of carbonyl (C=O) groups excluding carboxylic acids is 1. The van der Waals surface area contributed by atoms with E-state index in [2.05, 4.69) is 42.1 Å². The summed E-state index contributed by atoms with van der Waals surface area (Å²) in [5.74, 6) is 0.809. The van der Waals surface area contributed by atoms with E-state index in [4.69, 9.17) is 0 Å². The molecule has 3 heterocycles. The van der Waals surface area contributed by atoms with Crippen molar-refractivity contribution in [3.8, 4) is 0 Å². The minimum Gasteiger partial charge on any atom is -0.338 e. The van der Waals surface area contributed by atoms with Crippen molar-refractivity contribution >= 4 is 17.5 Å². The van der Waals surface area contributed by atoms with Crippen LogP contribution in [0.5, 0.6) is 0 Å². The topological polar surface area (TPSA) is 64.6 Å². The number of rotatable bonds is 6. The molecule has 7 nitrogen and oxygen atoms in total. The van der Waals surface area contributed by atoms with E-state index in [1.54, 1.807) is 12.4 Å². The van der Waals surface area contributed by atoms with Crippen LogP contribution < -0.4 is 10.2 Å². The number of carbonyl (C=O) groups is 1. The lowest BCUT2D eigenvalue weighted by atomic mass is 10.2. The minimum atomic E-state index is 0.0442. The lowest BCUT2D eigenvalue weighted by molar-refractivity contribution is -0.117. The van der Waals surface area contributed by atoms with Crippen LogP contribution >= 0.6 is 0 Å². The Morgan fingerprint density at radius 1 is 0.929 bits per heavy atom. The van der Waals surface area contributed by atoms with Crippen LogP contribution in [-0.4, -0.2) is 71.5 Å². The first-order chi connectivity index (χ1) is 13.8. The summed E-state index contributed by atoms with van der Waals surface area (Å²) in [5.41, 5.74) is 2.15. The molecule has 148 valence electrons. The van der Waals surface area contributed by atoms with Gasteiger partial charge in [0.25, 0.3) is 0 Å². The number of piperazine rings is 1. The highest BCUT2D eigenvalue weighted by atomic mass is 16.2. The maximum Gasteiger partial charge on any atom is 0.238 e. The Hall–Kier alpha value is -2.51. The van der Waals surface area contributed by atoms with Crippen LogP contribution in [0, 0.1) is 0 Å². The van der Waals surface area contributed by atoms with Gasteiger partial charge < -0.3 is 10.2 Å². The molecule has 4 rings (SSSR count). The predicted octanol–water partition coefficient (Wildman–Crippen LogP) is 1.83. The minimum absolute atomic E-state index is 0.0442. The Bertz CT molecular complexity index is 769. The molecule has 1 N–H and O–H groups in total. The van der Waals surface area contributed by atoms with Crippen molar-refractivity contribution in [3.63, 3.8) is 0 Å². The van der Waals surface area contributed by atoms with E-state index in [1.165, 1.54) is 31.5 Å². The lowest BCUT2D eigenvalue weighted by Gasteiger charge is -2.34. The normalized spacial score (nSPS) is 18.4. The summed E-state index contributed by atoms with van der Waals surface area (Å²) in [6.07, 6.45) is 6.11. The van der Waals surface area contributed by atoms with E-state index < -0.39 is 0 Å². The fraction of sp³-hybridized carbons (Fsp3) is 0.476. The molecule has 1 aromatic heterocycles. The number of likely N-dealkylation sites (tertiary alicyclic amines) is 1. The SMILES string of the molecule is O=C(CN1CCN(c2ncccn2)CC1)Nc1cccc(CN2CCCC2)c1. The number of benzene rings is 1. The van der Waals surface area contributed by atoms with Crippen molar-refractivity contribution in [3.05, 3.63) is 48.3 Å². The second kappa shape index (κ2) is 9.12. The molecule has 2 fully saturated rings. The highest BCUT2D eigenvalue weighted by Crippen LogP contribution is 2.16. The van der Waals surface area contributed by atoms with Crippen LogP contribution in [0.3, 0.4) is 0 Å². The molecule has 0 saturated carbocycles. The van der Waals surface area contributed by atoms with Gasteiger partial charge in [0.15, 0.2) is 0 Å². The smallest absolute Gasteiger partial charge is 0.238 e. The summed E-state index contributed by atoms with van der Waals surface area (Å²) in [4.78, 5) is 27.9. The van der Waals surface area contributed by atoms with Gasteiger partial charge in [-0.3, -0.25) is 14.6 Å². The van der Waals surface area contributed by atoms with Crippen LogP contribution in [-0.2, 0) is 11.3 Å². The van der Waals surface area contributed by atoms with Gasteiger partial charge in [-0.2, -0.15) is 0 Å². The average molecular weight is 380 g/mol. The van der Waals surface area contributed by atoms with E-state index in [0.29, 0.717) is 6.54 Å². The molecule has 2 aliphatic rings. The van der Waals surface area contributed by atoms with Crippen molar-refractivity contribution in [2.45, 2.75) is 19.4 Å². The van der Waals surface area contributed by atoms with Crippen molar-refractivity contribution in [1.82, 2.24) is 19.8 Å². The molecule has 0 bridgehead atoms. The fourth-order valence-electron chi connectivity index (χ4n) is 3.91. The van der Waals surface area contributed by atoms with Crippen molar-refractivity contribution in [2.24, 2.45) is 0 Å². The number of amides is 1. The fourth-order valence-corrected chi connectivity index (χ4v) is 3.91. The molecule has 0 unspecified atom stereocenters. The molecule has 7 heteroatoms. The first-order valence-corrected chi connectivity index (χ1v) is 10.1. The molecule has 2 saturated heterocycles. The van der Waals surface area contributed by atoms with Gasteiger partial charge >= 0.3 is 0 Å². The van der Waals surface area contributed by atoms with E-state index in [-0.39, 0.29) is 5.91 Å². The lowest BCUT2D eigenvalue weighted by Crippen LogP contribution is -2.49. The number of nitrogens with one attached hydrogen (secondary N) is 1. The molecular formula is C21H28N6O. The summed E-state index contributed by atoms with van der Waals surface area (Å²) in [6.45, 7) is 7.08. The first-order valence-electron chi connectivity index (χ1n) is 10.1. The van der Waals surface area contributed by atoms with Crippen molar-refractivity contribution in [2.75, 3.05) is 56.0 Å². The van der Waals surface area contributed by atoms with Crippen LogP contribution in [0.1, 0.15) is 18.4 Å². The zero-order chi connectivity index (χ0) is 19.2. The Kier molecular flexibility index (Phi) is 6.14. The van der Waals surface area contributed by atoms with Gasteiger partial charge in [0, 0.05) is 50.8 Å². The maximum atomic E-state index is 12.5. The monoisotopic (exact) mass is 380 g/mol. The quantitative estimate of drug-likeness (QED) is 0.825. The number of nitrogens with zero attached hydrogens (tertiary/aromatic N) is 5. The second-order valence-corrected chi connectivity index (χ2v) is 7.54. The van der Waals surface area contributed by atoms with Gasteiger partial charge in [-0.15, -0.1) is 0 Å². The standard InChI is InChI=1S/C21H28N6O/c28-20(17-26-11-13-27(14-12-26)21-22-7-4-8-23-21)24-19-6-3-5-18(15-19)16-25-9-1-2-10-25/h3-8,15H,1-2,9-14,16-17H2,(H,24,28). The first kappa shape index (κ1) is 18.8. The van der Waals surface area contributed by atoms with Crippen molar-refractivity contribution < 1.29 is 4.79 Å². The summed E-state index contributed by atoms with van der Waals surface area (Å²) in [7, 11) is 0. The molecule has 2 aliphatic heterocycles.